The highest BCUT2D eigenvalue weighted by Crippen LogP contribution is 2.23. The first kappa shape index (κ1) is 16.7. The van der Waals surface area contributed by atoms with Gasteiger partial charge in [0, 0.05) is 12.2 Å². The van der Waals surface area contributed by atoms with E-state index in [0.29, 0.717) is 17.9 Å². The van der Waals surface area contributed by atoms with Crippen LogP contribution >= 0.6 is 11.6 Å². The van der Waals surface area contributed by atoms with Crippen LogP contribution in [0, 0.1) is 5.82 Å². The third-order valence-corrected chi connectivity index (χ3v) is 4.05. The predicted octanol–water partition coefficient (Wildman–Crippen LogP) is 4.29. The summed E-state index contributed by atoms with van der Waals surface area (Å²) in [7, 11) is 0. The molecule has 1 N–H and O–H groups in total. The van der Waals surface area contributed by atoms with Crippen LogP contribution in [0.4, 0.5) is 10.1 Å². The van der Waals surface area contributed by atoms with Crippen LogP contribution in [-0.2, 0) is 4.74 Å². The molecule has 1 heterocycles. The molecule has 4 nitrogen and oxygen atoms in total. The molecule has 1 aliphatic heterocycles. The van der Waals surface area contributed by atoms with E-state index in [2.05, 4.69) is 5.32 Å². The van der Waals surface area contributed by atoms with Crippen molar-refractivity contribution >= 4 is 23.2 Å². The highest BCUT2D eigenvalue weighted by Gasteiger charge is 2.16. The van der Waals surface area contributed by atoms with Gasteiger partial charge in [-0.15, -0.1) is 0 Å². The molecule has 1 saturated heterocycles. The minimum Gasteiger partial charge on any atom is -0.491 e. The molecule has 126 valence electrons. The summed E-state index contributed by atoms with van der Waals surface area (Å²) in [6.45, 7) is 1.22. The van der Waals surface area contributed by atoms with Gasteiger partial charge in [-0.25, -0.2) is 4.39 Å². The lowest BCUT2D eigenvalue weighted by Crippen LogP contribution is -2.17. The summed E-state index contributed by atoms with van der Waals surface area (Å²) >= 11 is 5.71. The molecule has 1 aliphatic rings. The molecule has 0 bridgehead atoms. The topological polar surface area (TPSA) is 47.6 Å². The predicted molar refractivity (Wildman–Crippen MR) is 90.3 cm³/mol. The van der Waals surface area contributed by atoms with Crippen LogP contribution in [0.2, 0.25) is 5.02 Å². The maximum Gasteiger partial charge on any atom is 0.255 e. The van der Waals surface area contributed by atoms with Crippen molar-refractivity contribution < 1.29 is 18.7 Å². The molecule has 6 heteroatoms. The number of ether oxygens (including phenoxy) is 2. The Morgan fingerprint density at radius 1 is 1.33 bits per heavy atom. The van der Waals surface area contributed by atoms with Crippen LogP contribution in [0.15, 0.2) is 42.5 Å². The monoisotopic (exact) mass is 349 g/mol. The Morgan fingerprint density at radius 3 is 2.96 bits per heavy atom. The van der Waals surface area contributed by atoms with Gasteiger partial charge >= 0.3 is 0 Å². The van der Waals surface area contributed by atoms with Gasteiger partial charge in [-0.1, -0.05) is 23.7 Å². The van der Waals surface area contributed by atoms with Crippen LogP contribution < -0.4 is 10.1 Å². The molecule has 3 rings (SSSR count). The number of rotatable bonds is 5. The maximum absolute atomic E-state index is 13.9. The highest BCUT2D eigenvalue weighted by atomic mass is 35.5. The molecule has 0 aliphatic carbocycles. The fourth-order valence-electron chi connectivity index (χ4n) is 2.49. The summed E-state index contributed by atoms with van der Waals surface area (Å²) in [6, 6.07) is 11.2. The normalized spacial score (nSPS) is 16.8. The molecule has 1 atom stereocenters. The molecule has 1 amide bonds. The molecule has 0 saturated carbocycles. The first-order valence-corrected chi connectivity index (χ1v) is 8.11. The number of nitrogens with one attached hydrogen (secondary N) is 1. The third kappa shape index (κ3) is 4.04. The van der Waals surface area contributed by atoms with E-state index in [0.717, 1.165) is 19.4 Å². The van der Waals surface area contributed by atoms with E-state index in [1.54, 1.807) is 30.3 Å². The van der Waals surface area contributed by atoms with Crippen LogP contribution in [0.1, 0.15) is 23.2 Å². The van der Waals surface area contributed by atoms with E-state index >= 15 is 0 Å². The zero-order valence-corrected chi connectivity index (χ0v) is 13.7. The van der Waals surface area contributed by atoms with Crippen molar-refractivity contribution in [2.24, 2.45) is 0 Å². The first-order chi connectivity index (χ1) is 11.6. The fraction of sp³-hybridized carbons (Fsp3) is 0.278. The summed E-state index contributed by atoms with van der Waals surface area (Å²) in [4.78, 5) is 12.3. The Morgan fingerprint density at radius 2 is 2.17 bits per heavy atom. The van der Waals surface area contributed by atoms with Crippen molar-refractivity contribution in [1.82, 2.24) is 0 Å². The maximum atomic E-state index is 13.9. The summed E-state index contributed by atoms with van der Waals surface area (Å²) in [6.07, 6.45) is 2.12. The molecule has 0 radical (unpaired) electrons. The number of carbonyl (C=O) groups excluding carboxylic acids is 1. The van der Waals surface area contributed by atoms with E-state index in [1.807, 2.05) is 0 Å². The lowest BCUT2D eigenvalue weighted by Gasteiger charge is -2.12. The molecule has 1 unspecified atom stereocenters. The van der Waals surface area contributed by atoms with Gasteiger partial charge in [-0.2, -0.15) is 0 Å². The van der Waals surface area contributed by atoms with E-state index in [4.69, 9.17) is 21.1 Å². The second-order valence-corrected chi connectivity index (χ2v) is 5.94. The second kappa shape index (κ2) is 7.64. The van der Waals surface area contributed by atoms with Crippen LogP contribution in [0.5, 0.6) is 5.75 Å². The third-order valence-electron chi connectivity index (χ3n) is 3.76. The number of halogens is 2. The van der Waals surface area contributed by atoms with Gasteiger partial charge in [0.25, 0.3) is 5.91 Å². The average molecular weight is 350 g/mol. The molecule has 24 heavy (non-hydrogen) atoms. The number of amides is 1. The minimum absolute atomic E-state index is 0.0400. The van der Waals surface area contributed by atoms with Gasteiger partial charge in [0.1, 0.15) is 12.4 Å². The molecular formula is C18H17ClFNO3. The first-order valence-electron chi connectivity index (χ1n) is 7.73. The van der Waals surface area contributed by atoms with Crippen molar-refractivity contribution in [2.75, 3.05) is 18.5 Å². The van der Waals surface area contributed by atoms with Gasteiger partial charge in [0.15, 0.2) is 5.82 Å². The summed E-state index contributed by atoms with van der Waals surface area (Å²) in [5.74, 6) is -0.512. The Hall–Kier alpha value is -2.11. The van der Waals surface area contributed by atoms with Crippen molar-refractivity contribution in [1.29, 1.82) is 0 Å². The largest absolute Gasteiger partial charge is 0.491 e. The van der Waals surface area contributed by atoms with Crippen LogP contribution in [-0.4, -0.2) is 25.2 Å². The smallest absolute Gasteiger partial charge is 0.255 e. The Labute approximate surface area is 144 Å². The average Bonchev–Trinajstić information content (AvgIpc) is 3.11. The number of hydrogen-bond acceptors (Lipinski definition) is 3. The fourth-order valence-corrected chi connectivity index (χ4v) is 2.66. The zero-order valence-electron chi connectivity index (χ0n) is 12.9. The molecule has 2 aromatic rings. The van der Waals surface area contributed by atoms with Crippen LogP contribution in [0.25, 0.3) is 0 Å². The van der Waals surface area contributed by atoms with Crippen molar-refractivity contribution in [2.45, 2.75) is 18.9 Å². The van der Waals surface area contributed by atoms with Gasteiger partial charge < -0.3 is 14.8 Å². The van der Waals surface area contributed by atoms with Gasteiger partial charge in [0.2, 0.25) is 0 Å². The summed E-state index contributed by atoms with van der Waals surface area (Å²) in [5.41, 5.74) is 0.414. The molecular weight excluding hydrogens is 333 g/mol. The van der Waals surface area contributed by atoms with Gasteiger partial charge in [-0.3, -0.25) is 4.79 Å². The molecule has 0 aromatic heterocycles. The molecule has 2 aromatic carbocycles. The molecule has 1 fully saturated rings. The van der Waals surface area contributed by atoms with E-state index in [9.17, 15) is 9.18 Å². The number of anilines is 1. The molecule has 0 spiro atoms. The summed E-state index contributed by atoms with van der Waals surface area (Å²) in [5, 5.41) is 2.47. The van der Waals surface area contributed by atoms with Gasteiger partial charge in [0.05, 0.1) is 16.8 Å². The van der Waals surface area contributed by atoms with Crippen LogP contribution in [0.3, 0.4) is 0 Å². The number of benzene rings is 2. The lowest BCUT2D eigenvalue weighted by atomic mass is 10.2. The van der Waals surface area contributed by atoms with Crippen molar-refractivity contribution in [3.05, 3.63) is 58.9 Å². The number of carbonyl (C=O) groups is 1. The second-order valence-electron chi connectivity index (χ2n) is 5.53. The SMILES string of the molecule is O=C(Nc1cccc(Cl)c1F)c1cccc(OCC2CCCO2)c1. The number of hydrogen-bond donors (Lipinski definition) is 1. The standard InChI is InChI=1S/C18H17ClFNO3/c19-15-7-2-8-16(17(15)20)21-18(22)12-4-1-5-13(10-12)24-11-14-6-3-9-23-14/h1-2,4-5,7-8,10,14H,3,6,9,11H2,(H,21,22). The van der Waals surface area contributed by atoms with Gasteiger partial charge in [-0.05, 0) is 43.2 Å². The minimum atomic E-state index is -0.654. The quantitative estimate of drug-likeness (QED) is 0.876. The van der Waals surface area contributed by atoms with E-state index < -0.39 is 11.7 Å². The van der Waals surface area contributed by atoms with E-state index in [-0.39, 0.29) is 16.8 Å². The van der Waals surface area contributed by atoms with Crippen molar-refractivity contribution in [3.8, 4) is 5.75 Å². The Balaban J connectivity index is 1.66. The lowest BCUT2D eigenvalue weighted by molar-refractivity contribution is 0.0679. The Kier molecular flexibility index (Phi) is 5.33. The van der Waals surface area contributed by atoms with E-state index in [1.165, 1.54) is 12.1 Å². The Bertz CT molecular complexity index is 732. The summed E-state index contributed by atoms with van der Waals surface area (Å²) < 4.78 is 25.0. The highest BCUT2D eigenvalue weighted by molar-refractivity contribution is 6.31. The zero-order chi connectivity index (χ0) is 16.9. The van der Waals surface area contributed by atoms with Crippen molar-refractivity contribution in [3.63, 3.8) is 0 Å².